The Hall–Kier alpha value is -2.20. The minimum Gasteiger partial charge on any atom is -0.377 e. The largest absolute Gasteiger partial charge is 0.416 e. The molecule has 2 rings (SSSR count). The van der Waals surface area contributed by atoms with Gasteiger partial charge in [-0.2, -0.15) is 26.7 Å². The summed E-state index contributed by atoms with van der Waals surface area (Å²) in [5, 5.41) is 15.1. The van der Waals surface area contributed by atoms with Crippen molar-refractivity contribution >= 4 is 15.3 Å². The van der Waals surface area contributed by atoms with Gasteiger partial charge in [0.1, 0.15) is 12.7 Å². The predicted molar refractivity (Wildman–Crippen MR) is 84.1 cm³/mol. The molecule has 1 aromatic carbocycles. The summed E-state index contributed by atoms with van der Waals surface area (Å²) in [5.74, 6) is 0. The van der Waals surface area contributed by atoms with Crippen LogP contribution in [-0.2, 0) is 22.1 Å². The van der Waals surface area contributed by atoms with Gasteiger partial charge in [0.25, 0.3) is 0 Å². The first-order chi connectivity index (χ1) is 11.4. The quantitative estimate of drug-likeness (QED) is 0.813. The van der Waals surface area contributed by atoms with E-state index in [0.717, 1.165) is 41.6 Å². The molecule has 0 saturated heterocycles. The Morgan fingerprint density at radius 1 is 1.08 bits per heavy atom. The second kappa shape index (κ2) is 6.26. The van der Waals surface area contributed by atoms with Gasteiger partial charge in [-0.15, -0.1) is 0 Å². The highest BCUT2D eigenvalue weighted by atomic mass is 32.2. The molecule has 0 aliphatic rings. The lowest BCUT2D eigenvalue weighted by Gasteiger charge is -2.40. The SMILES string of the molecule is CC(C)(C)C(O)(C(n1cncn1)=S(=O)=O)c1ccc(C(F)(F)F)cc1. The Kier molecular flexibility index (Phi) is 4.79. The summed E-state index contributed by atoms with van der Waals surface area (Å²) in [6.45, 7) is 4.69. The van der Waals surface area contributed by atoms with Gasteiger partial charge in [0.15, 0.2) is 10.6 Å². The summed E-state index contributed by atoms with van der Waals surface area (Å²) in [5.41, 5.74) is -4.15. The fourth-order valence-corrected chi connectivity index (χ4v) is 3.37. The summed E-state index contributed by atoms with van der Waals surface area (Å²) < 4.78 is 62.8. The smallest absolute Gasteiger partial charge is 0.377 e. The van der Waals surface area contributed by atoms with E-state index in [0.29, 0.717) is 0 Å². The van der Waals surface area contributed by atoms with Crippen molar-refractivity contribution in [3.05, 3.63) is 48.0 Å². The van der Waals surface area contributed by atoms with Gasteiger partial charge >= 0.3 is 6.18 Å². The molecule has 2 aromatic rings. The molecule has 0 radical (unpaired) electrons. The van der Waals surface area contributed by atoms with Crippen LogP contribution in [0.5, 0.6) is 0 Å². The van der Waals surface area contributed by atoms with Crippen molar-refractivity contribution < 1.29 is 26.7 Å². The first kappa shape index (κ1) is 19.1. The molecule has 0 fully saturated rings. The van der Waals surface area contributed by atoms with Crippen LogP contribution in [0.4, 0.5) is 13.2 Å². The number of hydrogen-bond donors (Lipinski definition) is 1. The standard InChI is InChI=1S/C15H16F3N3O3S/c1-13(2,3)14(22,12(25(23)24)21-9-19-8-20-21)10-4-6-11(7-5-10)15(16,17)18/h4-9,22H,1-3H3. The zero-order chi connectivity index (χ0) is 19.0. The average molecular weight is 375 g/mol. The summed E-state index contributed by atoms with van der Waals surface area (Å²) in [6.07, 6.45) is -2.37. The number of aromatic nitrogens is 3. The van der Waals surface area contributed by atoms with Gasteiger partial charge in [-0.1, -0.05) is 32.9 Å². The maximum absolute atomic E-state index is 12.8. The maximum atomic E-state index is 12.8. The predicted octanol–water partition coefficient (Wildman–Crippen LogP) is 2.09. The van der Waals surface area contributed by atoms with Crippen molar-refractivity contribution in [3.8, 4) is 0 Å². The van der Waals surface area contributed by atoms with Crippen LogP contribution in [0, 0.1) is 5.41 Å². The van der Waals surface area contributed by atoms with Crippen molar-refractivity contribution in [2.75, 3.05) is 0 Å². The van der Waals surface area contributed by atoms with E-state index in [1.54, 1.807) is 20.8 Å². The molecule has 1 atom stereocenters. The van der Waals surface area contributed by atoms with E-state index in [4.69, 9.17) is 0 Å². The highest BCUT2D eigenvalue weighted by molar-refractivity contribution is 7.73. The Morgan fingerprint density at radius 3 is 1.96 bits per heavy atom. The molecule has 1 N–H and O–H groups in total. The Labute approximate surface area is 143 Å². The third kappa shape index (κ3) is 3.45. The number of benzene rings is 1. The molecule has 6 nitrogen and oxygen atoms in total. The van der Waals surface area contributed by atoms with Crippen LogP contribution in [0.1, 0.15) is 31.9 Å². The summed E-state index contributed by atoms with van der Waals surface area (Å²) in [4.78, 5) is 3.13. The summed E-state index contributed by atoms with van der Waals surface area (Å²) in [7, 11) is -2.92. The van der Waals surface area contributed by atoms with Crippen LogP contribution >= 0.6 is 0 Å². The molecule has 0 saturated carbocycles. The van der Waals surface area contributed by atoms with Crippen molar-refractivity contribution in [1.29, 1.82) is 0 Å². The lowest BCUT2D eigenvalue weighted by molar-refractivity contribution is -0.137. The normalized spacial score (nSPS) is 14.8. The van der Waals surface area contributed by atoms with Crippen LogP contribution in [-0.4, -0.2) is 33.3 Å². The first-order valence-electron chi connectivity index (χ1n) is 7.11. The molecular formula is C15H16F3N3O3S. The zero-order valence-electron chi connectivity index (χ0n) is 13.6. The lowest BCUT2D eigenvalue weighted by atomic mass is 9.72. The van der Waals surface area contributed by atoms with Crippen LogP contribution in [0.25, 0.3) is 0 Å². The number of hydrogen-bond acceptors (Lipinski definition) is 5. The van der Waals surface area contributed by atoms with Gasteiger partial charge in [0.2, 0.25) is 10.3 Å². The Bertz CT molecular complexity index is 875. The van der Waals surface area contributed by atoms with Gasteiger partial charge in [-0.3, -0.25) is 0 Å². The Morgan fingerprint density at radius 2 is 1.60 bits per heavy atom. The Balaban J connectivity index is 2.74. The summed E-state index contributed by atoms with van der Waals surface area (Å²) in [6, 6.07) is 3.69. The second-order valence-corrected chi connectivity index (χ2v) is 7.27. The van der Waals surface area contributed by atoms with E-state index in [1.807, 2.05) is 0 Å². The number of rotatable bonds is 2. The van der Waals surface area contributed by atoms with E-state index in [9.17, 15) is 26.7 Å². The van der Waals surface area contributed by atoms with E-state index in [2.05, 4.69) is 10.1 Å². The molecule has 25 heavy (non-hydrogen) atoms. The van der Waals surface area contributed by atoms with E-state index >= 15 is 0 Å². The molecule has 1 unspecified atom stereocenters. The molecule has 0 spiro atoms. The van der Waals surface area contributed by atoms with E-state index < -0.39 is 38.0 Å². The van der Waals surface area contributed by atoms with Crippen LogP contribution in [0.15, 0.2) is 36.9 Å². The molecule has 0 aliphatic carbocycles. The molecular weight excluding hydrogens is 359 g/mol. The molecule has 0 amide bonds. The van der Waals surface area contributed by atoms with Crippen molar-refractivity contribution in [1.82, 2.24) is 14.8 Å². The fraction of sp³-hybridized carbons (Fsp3) is 0.400. The van der Waals surface area contributed by atoms with Crippen molar-refractivity contribution in [3.63, 3.8) is 0 Å². The molecule has 0 bridgehead atoms. The van der Waals surface area contributed by atoms with Gasteiger partial charge in [-0.05, 0) is 17.7 Å². The summed E-state index contributed by atoms with van der Waals surface area (Å²) >= 11 is 0. The molecule has 10 heteroatoms. The second-order valence-electron chi connectivity index (χ2n) is 6.42. The lowest BCUT2D eigenvalue weighted by Crippen LogP contribution is -2.50. The van der Waals surface area contributed by atoms with Crippen LogP contribution < -0.4 is 0 Å². The van der Waals surface area contributed by atoms with Crippen molar-refractivity contribution in [2.45, 2.75) is 32.5 Å². The highest BCUT2D eigenvalue weighted by Gasteiger charge is 2.49. The zero-order valence-corrected chi connectivity index (χ0v) is 14.4. The highest BCUT2D eigenvalue weighted by Crippen LogP contribution is 2.41. The minimum atomic E-state index is -4.54. The molecule has 1 aromatic heterocycles. The maximum Gasteiger partial charge on any atom is 0.416 e. The minimum absolute atomic E-state index is 0.0114. The third-order valence-electron chi connectivity index (χ3n) is 3.81. The third-order valence-corrected chi connectivity index (χ3v) is 4.61. The fourth-order valence-electron chi connectivity index (χ4n) is 2.45. The molecule has 0 aliphatic heterocycles. The molecule has 1 heterocycles. The van der Waals surface area contributed by atoms with Gasteiger partial charge in [0.05, 0.1) is 5.56 Å². The number of halogens is 3. The number of nitrogens with zero attached hydrogens (tertiary/aromatic N) is 3. The first-order valence-corrected chi connectivity index (χ1v) is 8.18. The topological polar surface area (TPSA) is 85.1 Å². The van der Waals surface area contributed by atoms with Crippen molar-refractivity contribution in [2.24, 2.45) is 5.41 Å². The number of alkyl halides is 3. The van der Waals surface area contributed by atoms with Crippen LogP contribution in [0.3, 0.4) is 0 Å². The van der Waals surface area contributed by atoms with Gasteiger partial charge in [0, 0.05) is 5.41 Å². The average Bonchev–Trinajstić information content (AvgIpc) is 2.98. The van der Waals surface area contributed by atoms with Gasteiger partial charge < -0.3 is 5.11 Å². The van der Waals surface area contributed by atoms with E-state index in [1.165, 1.54) is 0 Å². The number of aliphatic hydroxyl groups is 1. The molecule has 136 valence electrons. The van der Waals surface area contributed by atoms with Gasteiger partial charge in [-0.25, -0.2) is 9.67 Å². The van der Waals surface area contributed by atoms with E-state index in [-0.39, 0.29) is 5.56 Å². The monoisotopic (exact) mass is 375 g/mol. The van der Waals surface area contributed by atoms with Crippen LogP contribution in [0.2, 0.25) is 0 Å².